The number of nitrogens with zero attached hydrogens (tertiary/aromatic N) is 2. The maximum atomic E-state index is 11.7. The maximum Gasteiger partial charge on any atom is 0.277 e. The summed E-state index contributed by atoms with van der Waals surface area (Å²) in [4.78, 5) is 15.6. The number of benzene rings is 1. The maximum absolute atomic E-state index is 11.7. The van der Waals surface area contributed by atoms with E-state index in [0.717, 1.165) is 0 Å². The Kier molecular flexibility index (Phi) is 2.70. The zero-order valence-electron chi connectivity index (χ0n) is 8.62. The van der Waals surface area contributed by atoms with E-state index in [2.05, 4.69) is 4.98 Å². The van der Waals surface area contributed by atoms with Crippen molar-refractivity contribution in [3.8, 4) is 11.5 Å². The van der Waals surface area contributed by atoms with Crippen LogP contribution in [-0.2, 0) is 0 Å². The minimum atomic E-state index is -0.506. The molecule has 1 heterocycles. The number of hydroxylamine groups is 2. The Morgan fingerprint density at radius 2 is 2.19 bits per heavy atom. The Labute approximate surface area is 91.9 Å². The van der Waals surface area contributed by atoms with Crippen molar-refractivity contribution in [2.75, 3.05) is 7.05 Å². The van der Waals surface area contributed by atoms with Gasteiger partial charge in [-0.2, -0.15) is 0 Å². The third-order valence-corrected chi connectivity index (χ3v) is 2.11. The number of rotatable bonds is 2. The zero-order valence-corrected chi connectivity index (χ0v) is 8.62. The van der Waals surface area contributed by atoms with Crippen LogP contribution in [0.15, 0.2) is 41.1 Å². The predicted molar refractivity (Wildman–Crippen MR) is 55.8 cm³/mol. The second kappa shape index (κ2) is 4.16. The minimum absolute atomic E-state index is 0.343. The summed E-state index contributed by atoms with van der Waals surface area (Å²) in [6, 6.07) is 6.80. The van der Waals surface area contributed by atoms with E-state index in [9.17, 15) is 4.79 Å². The van der Waals surface area contributed by atoms with Gasteiger partial charge in [0.1, 0.15) is 6.26 Å². The summed E-state index contributed by atoms with van der Waals surface area (Å²) in [5.41, 5.74) is 0.897. The SMILES string of the molecule is CN(O)C(=O)c1ccccc1-c1ncco1. The van der Waals surface area contributed by atoms with Gasteiger partial charge in [0.25, 0.3) is 5.91 Å². The van der Waals surface area contributed by atoms with E-state index >= 15 is 0 Å². The van der Waals surface area contributed by atoms with Crippen LogP contribution < -0.4 is 0 Å². The van der Waals surface area contributed by atoms with E-state index in [1.165, 1.54) is 19.5 Å². The summed E-state index contributed by atoms with van der Waals surface area (Å²) in [6.45, 7) is 0. The molecule has 5 nitrogen and oxygen atoms in total. The van der Waals surface area contributed by atoms with Crippen LogP contribution >= 0.6 is 0 Å². The highest BCUT2D eigenvalue weighted by molar-refractivity contribution is 5.99. The summed E-state index contributed by atoms with van der Waals surface area (Å²) in [7, 11) is 1.27. The number of hydrogen-bond acceptors (Lipinski definition) is 4. The highest BCUT2D eigenvalue weighted by Crippen LogP contribution is 2.22. The van der Waals surface area contributed by atoms with E-state index in [1.807, 2.05) is 0 Å². The van der Waals surface area contributed by atoms with Crippen molar-refractivity contribution in [3.05, 3.63) is 42.3 Å². The summed E-state index contributed by atoms with van der Waals surface area (Å²) in [5, 5.41) is 9.66. The zero-order chi connectivity index (χ0) is 11.5. The van der Waals surface area contributed by atoms with Gasteiger partial charge in [-0.1, -0.05) is 12.1 Å². The summed E-state index contributed by atoms with van der Waals surface area (Å²) in [5.74, 6) is -0.153. The molecule has 82 valence electrons. The molecule has 0 saturated carbocycles. The molecule has 2 rings (SSSR count). The Hall–Kier alpha value is -2.14. The molecule has 0 aliphatic carbocycles. The lowest BCUT2D eigenvalue weighted by atomic mass is 10.1. The number of carbonyl (C=O) groups is 1. The van der Waals surface area contributed by atoms with Crippen molar-refractivity contribution in [2.45, 2.75) is 0 Å². The summed E-state index contributed by atoms with van der Waals surface area (Å²) >= 11 is 0. The van der Waals surface area contributed by atoms with Gasteiger partial charge >= 0.3 is 0 Å². The van der Waals surface area contributed by atoms with Crippen LogP contribution in [0.2, 0.25) is 0 Å². The van der Waals surface area contributed by atoms with Gasteiger partial charge < -0.3 is 4.42 Å². The van der Waals surface area contributed by atoms with E-state index < -0.39 is 5.91 Å². The molecule has 1 N–H and O–H groups in total. The third kappa shape index (κ3) is 1.80. The Bertz CT molecular complexity index is 492. The fraction of sp³-hybridized carbons (Fsp3) is 0.0909. The average Bonchev–Trinajstić information content (AvgIpc) is 2.81. The smallest absolute Gasteiger partial charge is 0.277 e. The van der Waals surface area contributed by atoms with Crippen LogP contribution in [0.5, 0.6) is 0 Å². The van der Waals surface area contributed by atoms with Gasteiger partial charge in [0, 0.05) is 12.6 Å². The van der Waals surface area contributed by atoms with Crippen LogP contribution in [0.25, 0.3) is 11.5 Å². The van der Waals surface area contributed by atoms with E-state index in [1.54, 1.807) is 24.3 Å². The Morgan fingerprint density at radius 3 is 2.81 bits per heavy atom. The van der Waals surface area contributed by atoms with Gasteiger partial charge in [0.15, 0.2) is 0 Å². The second-order valence-corrected chi connectivity index (χ2v) is 3.21. The first kappa shape index (κ1) is 10.4. The normalized spacial score (nSPS) is 10.1. The van der Waals surface area contributed by atoms with Crippen molar-refractivity contribution in [3.63, 3.8) is 0 Å². The first-order valence-electron chi connectivity index (χ1n) is 4.66. The summed E-state index contributed by atoms with van der Waals surface area (Å²) in [6.07, 6.45) is 2.93. The third-order valence-electron chi connectivity index (χ3n) is 2.11. The largest absolute Gasteiger partial charge is 0.445 e. The molecule has 0 unspecified atom stereocenters. The van der Waals surface area contributed by atoms with Gasteiger partial charge in [0.2, 0.25) is 5.89 Å². The fourth-order valence-electron chi connectivity index (χ4n) is 1.39. The number of hydrogen-bond donors (Lipinski definition) is 1. The highest BCUT2D eigenvalue weighted by atomic mass is 16.5. The first-order valence-corrected chi connectivity index (χ1v) is 4.66. The Morgan fingerprint density at radius 1 is 1.44 bits per heavy atom. The molecule has 0 aliphatic heterocycles. The molecule has 0 atom stereocenters. The molecule has 0 spiro atoms. The quantitative estimate of drug-likeness (QED) is 0.616. The Balaban J connectivity index is 2.51. The van der Waals surface area contributed by atoms with Crippen molar-refractivity contribution in [1.29, 1.82) is 0 Å². The van der Waals surface area contributed by atoms with Crippen LogP contribution in [0.3, 0.4) is 0 Å². The lowest BCUT2D eigenvalue weighted by Gasteiger charge is -2.10. The van der Waals surface area contributed by atoms with Gasteiger partial charge in [0.05, 0.1) is 11.8 Å². The topological polar surface area (TPSA) is 66.6 Å². The average molecular weight is 218 g/mol. The monoisotopic (exact) mass is 218 g/mol. The number of oxazole rings is 1. The van der Waals surface area contributed by atoms with Gasteiger partial charge in [-0.05, 0) is 12.1 Å². The molecule has 1 amide bonds. The van der Waals surface area contributed by atoms with Crippen molar-refractivity contribution in [1.82, 2.24) is 10.0 Å². The van der Waals surface area contributed by atoms with Crippen molar-refractivity contribution < 1.29 is 14.4 Å². The van der Waals surface area contributed by atoms with E-state index in [4.69, 9.17) is 9.62 Å². The lowest BCUT2D eigenvalue weighted by Crippen LogP contribution is -2.23. The molecule has 16 heavy (non-hydrogen) atoms. The van der Waals surface area contributed by atoms with Crippen molar-refractivity contribution >= 4 is 5.91 Å². The molecular formula is C11H10N2O3. The highest BCUT2D eigenvalue weighted by Gasteiger charge is 2.17. The number of amides is 1. The molecule has 0 bridgehead atoms. The standard InChI is InChI=1S/C11H10N2O3/c1-13(15)11(14)9-5-3-2-4-8(9)10-12-6-7-16-10/h2-7,15H,1H3. The molecule has 0 aliphatic rings. The minimum Gasteiger partial charge on any atom is -0.445 e. The van der Waals surface area contributed by atoms with Crippen LogP contribution in [-0.4, -0.2) is 28.2 Å². The van der Waals surface area contributed by atoms with Gasteiger partial charge in [-0.3, -0.25) is 10.0 Å². The number of carbonyl (C=O) groups excluding carboxylic acids is 1. The van der Waals surface area contributed by atoms with Crippen LogP contribution in [0.1, 0.15) is 10.4 Å². The molecule has 1 aromatic carbocycles. The molecule has 0 radical (unpaired) electrons. The van der Waals surface area contributed by atoms with Gasteiger partial charge in [-0.15, -0.1) is 0 Å². The van der Waals surface area contributed by atoms with E-state index in [0.29, 0.717) is 22.1 Å². The number of aromatic nitrogens is 1. The first-order chi connectivity index (χ1) is 7.70. The molecule has 1 aromatic heterocycles. The molecule has 0 fully saturated rings. The van der Waals surface area contributed by atoms with Crippen LogP contribution in [0.4, 0.5) is 0 Å². The molecule has 2 aromatic rings. The molecule has 0 saturated heterocycles. The molecular weight excluding hydrogens is 208 g/mol. The van der Waals surface area contributed by atoms with Gasteiger partial charge in [-0.25, -0.2) is 10.0 Å². The van der Waals surface area contributed by atoms with Crippen molar-refractivity contribution in [2.24, 2.45) is 0 Å². The van der Waals surface area contributed by atoms with E-state index in [-0.39, 0.29) is 0 Å². The second-order valence-electron chi connectivity index (χ2n) is 3.21. The fourth-order valence-corrected chi connectivity index (χ4v) is 1.39. The lowest BCUT2D eigenvalue weighted by molar-refractivity contribution is -0.0374. The molecule has 5 heteroatoms. The summed E-state index contributed by atoms with van der Waals surface area (Å²) < 4.78 is 5.13. The van der Waals surface area contributed by atoms with Crippen LogP contribution in [0, 0.1) is 0 Å². The predicted octanol–water partition coefficient (Wildman–Crippen LogP) is 1.80.